The first-order chi connectivity index (χ1) is 15.6. The minimum Gasteiger partial charge on any atom is -0.467 e. The maximum atomic E-state index is 13.1. The van der Waals surface area contributed by atoms with Crippen molar-refractivity contribution in [2.75, 3.05) is 36.5 Å². The summed E-state index contributed by atoms with van der Waals surface area (Å²) < 4.78 is 31.3. The lowest BCUT2D eigenvalue weighted by atomic mass is 9.92. The summed E-state index contributed by atoms with van der Waals surface area (Å²) in [6.07, 6.45) is 3.33. The molecule has 2 fully saturated rings. The number of thioether (sulfide) groups is 1. The Hall–Kier alpha value is -2.01. The van der Waals surface area contributed by atoms with Crippen LogP contribution in [0.4, 0.5) is 5.95 Å². The highest BCUT2D eigenvalue weighted by atomic mass is 32.2. The first-order valence-electron chi connectivity index (χ1n) is 11.5. The summed E-state index contributed by atoms with van der Waals surface area (Å²) in [6.45, 7) is 8.66. The van der Waals surface area contributed by atoms with Gasteiger partial charge in [-0.15, -0.1) is 10.2 Å². The van der Waals surface area contributed by atoms with E-state index in [4.69, 9.17) is 4.42 Å². The van der Waals surface area contributed by atoms with E-state index < -0.39 is 15.1 Å². The van der Waals surface area contributed by atoms with Crippen LogP contribution in [0.25, 0.3) is 0 Å². The summed E-state index contributed by atoms with van der Waals surface area (Å²) in [5, 5.41) is 9.19. The number of hydrogen-bond donors (Lipinski definition) is 0. The minimum absolute atomic E-state index is 0.0385. The van der Waals surface area contributed by atoms with Crippen molar-refractivity contribution in [3.63, 3.8) is 0 Å². The van der Waals surface area contributed by atoms with Crippen molar-refractivity contribution in [3.8, 4) is 0 Å². The summed E-state index contributed by atoms with van der Waals surface area (Å²) >= 11 is 1.35. The van der Waals surface area contributed by atoms with Gasteiger partial charge in [-0.2, -0.15) is 0 Å². The van der Waals surface area contributed by atoms with Crippen molar-refractivity contribution in [3.05, 3.63) is 24.2 Å². The number of amides is 1. The second kappa shape index (κ2) is 9.69. The Balaban J connectivity index is 1.54. The van der Waals surface area contributed by atoms with Gasteiger partial charge in [-0.25, -0.2) is 8.42 Å². The topological polar surface area (TPSA) is 102 Å². The Bertz CT molecular complexity index is 1060. The first kappa shape index (κ1) is 24.1. The van der Waals surface area contributed by atoms with Gasteiger partial charge >= 0.3 is 0 Å². The Kier molecular flexibility index (Phi) is 7.09. The van der Waals surface area contributed by atoms with E-state index in [0.717, 1.165) is 24.8 Å². The molecule has 2 saturated heterocycles. The second-order valence-corrected chi connectivity index (χ2v) is 13.1. The molecule has 1 amide bonds. The average Bonchev–Trinajstić information content (AvgIpc) is 3.47. The molecule has 11 heteroatoms. The number of rotatable bonds is 7. The van der Waals surface area contributed by atoms with Gasteiger partial charge in [-0.1, -0.05) is 25.6 Å². The molecule has 4 atom stereocenters. The molecule has 0 spiro atoms. The normalized spacial score (nSPS) is 25.8. The maximum absolute atomic E-state index is 13.1. The number of carbonyl (C=O) groups is 1. The summed E-state index contributed by atoms with van der Waals surface area (Å²) in [7, 11) is -1.36. The zero-order chi connectivity index (χ0) is 23.8. The van der Waals surface area contributed by atoms with Gasteiger partial charge in [0.05, 0.1) is 29.6 Å². The Labute approximate surface area is 199 Å². The molecule has 33 heavy (non-hydrogen) atoms. The van der Waals surface area contributed by atoms with Crippen LogP contribution in [0.3, 0.4) is 0 Å². The van der Waals surface area contributed by atoms with Crippen LogP contribution in [-0.2, 0) is 21.2 Å². The van der Waals surface area contributed by atoms with Crippen molar-refractivity contribution in [2.45, 2.75) is 56.6 Å². The van der Waals surface area contributed by atoms with E-state index in [0.29, 0.717) is 30.0 Å². The number of hydrogen-bond acceptors (Lipinski definition) is 8. The number of furan rings is 1. The van der Waals surface area contributed by atoms with Crippen LogP contribution in [0.2, 0.25) is 0 Å². The lowest BCUT2D eigenvalue weighted by Crippen LogP contribution is -2.42. The summed E-state index contributed by atoms with van der Waals surface area (Å²) in [5.74, 6) is 2.80. The zero-order valence-corrected chi connectivity index (χ0v) is 21.3. The van der Waals surface area contributed by atoms with Crippen molar-refractivity contribution in [2.24, 2.45) is 11.8 Å². The number of piperidine rings is 1. The fourth-order valence-electron chi connectivity index (χ4n) is 4.88. The Morgan fingerprint density at radius 3 is 2.64 bits per heavy atom. The molecule has 9 nitrogen and oxygen atoms in total. The van der Waals surface area contributed by atoms with Gasteiger partial charge in [0, 0.05) is 26.2 Å². The van der Waals surface area contributed by atoms with Gasteiger partial charge in [0.25, 0.3) is 0 Å². The molecule has 2 aromatic heterocycles. The van der Waals surface area contributed by atoms with E-state index in [1.54, 1.807) is 18.2 Å². The molecule has 2 aliphatic rings. The van der Waals surface area contributed by atoms with E-state index in [1.807, 2.05) is 23.6 Å². The molecule has 0 unspecified atom stereocenters. The standard InChI is InChI=1S/C22H33N5O4S2/c1-15-10-16(2)12-26(11-15)21-23-24-22(27(21)13-19-6-5-8-31-19)32-17(3)20(28)25(4)18-7-9-33(29,30)14-18/h5-6,8,15-18H,7,9-14H2,1-4H3/t15-,16+,17-,18+/m0/s1. The largest absolute Gasteiger partial charge is 0.467 e. The van der Waals surface area contributed by atoms with Crippen LogP contribution < -0.4 is 4.90 Å². The van der Waals surface area contributed by atoms with Crippen LogP contribution in [-0.4, -0.2) is 76.9 Å². The van der Waals surface area contributed by atoms with E-state index in [1.165, 1.54) is 18.2 Å². The lowest BCUT2D eigenvalue weighted by Gasteiger charge is -2.35. The fraction of sp³-hybridized carbons (Fsp3) is 0.682. The number of carbonyl (C=O) groups excluding carboxylic acids is 1. The van der Waals surface area contributed by atoms with Gasteiger partial charge in [0.15, 0.2) is 15.0 Å². The van der Waals surface area contributed by atoms with Crippen molar-refractivity contribution in [1.82, 2.24) is 19.7 Å². The van der Waals surface area contributed by atoms with Gasteiger partial charge in [-0.3, -0.25) is 9.36 Å². The molecule has 182 valence electrons. The third-order valence-electron chi connectivity index (χ3n) is 6.48. The average molecular weight is 496 g/mol. The summed E-state index contributed by atoms with van der Waals surface area (Å²) in [5.41, 5.74) is 0. The SMILES string of the molecule is C[C@@H]1C[C@H](C)CN(c2nnc(S[C@@H](C)C(=O)N(C)[C@@H]3CCS(=O)(=O)C3)n2Cc2ccco2)C1. The minimum atomic E-state index is -3.06. The van der Waals surface area contributed by atoms with Crippen molar-refractivity contribution in [1.29, 1.82) is 0 Å². The van der Waals surface area contributed by atoms with Crippen LogP contribution in [0.5, 0.6) is 0 Å². The molecule has 0 bridgehead atoms. The molecule has 0 aliphatic carbocycles. The van der Waals surface area contributed by atoms with E-state index in [9.17, 15) is 13.2 Å². The summed E-state index contributed by atoms with van der Waals surface area (Å²) in [4.78, 5) is 17.0. The molecular formula is C22H33N5O4S2. The van der Waals surface area contributed by atoms with Crippen LogP contribution >= 0.6 is 11.8 Å². The Morgan fingerprint density at radius 1 is 1.30 bits per heavy atom. The first-order valence-corrected chi connectivity index (χ1v) is 14.2. The smallest absolute Gasteiger partial charge is 0.235 e. The van der Waals surface area contributed by atoms with E-state index in [2.05, 4.69) is 28.9 Å². The molecule has 2 aliphatic heterocycles. The number of aromatic nitrogens is 3. The van der Waals surface area contributed by atoms with Crippen LogP contribution in [0.1, 0.15) is 39.4 Å². The molecule has 0 radical (unpaired) electrons. The molecule has 0 aromatic carbocycles. The predicted octanol–water partition coefficient (Wildman–Crippen LogP) is 2.53. The molecular weight excluding hydrogens is 462 g/mol. The van der Waals surface area contributed by atoms with Gasteiger partial charge in [0.1, 0.15) is 5.76 Å². The van der Waals surface area contributed by atoms with Gasteiger partial charge in [0.2, 0.25) is 11.9 Å². The Morgan fingerprint density at radius 2 is 2.03 bits per heavy atom. The van der Waals surface area contributed by atoms with Gasteiger partial charge < -0.3 is 14.2 Å². The van der Waals surface area contributed by atoms with Crippen LogP contribution in [0.15, 0.2) is 28.0 Å². The highest BCUT2D eigenvalue weighted by molar-refractivity contribution is 8.00. The number of sulfone groups is 1. The maximum Gasteiger partial charge on any atom is 0.235 e. The lowest BCUT2D eigenvalue weighted by molar-refractivity contribution is -0.130. The third kappa shape index (κ3) is 5.56. The quantitative estimate of drug-likeness (QED) is 0.540. The van der Waals surface area contributed by atoms with E-state index in [-0.39, 0.29) is 23.5 Å². The highest BCUT2D eigenvalue weighted by Gasteiger charge is 2.35. The van der Waals surface area contributed by atoms with Gasteiger partial charge in [-0.05, 0) is 43.7 Å². The predicted molar refractivity (Wildman–Crippen MR) is 128 cm³/mol. The zero-order valence-electron chi connectivity index (χ0n) is 19.7. The number of anilines is 1. The fourth-order valence-corrected chi connectivity index (χ4v) is 7.60. The third-order valence-corrected chi connectivity index (χ3v) is 9.30. The second-order valence-electron chi connectivity index (χ2n) is 9.57. The molecule has 4 heterocycles. The molecule has 4 rings (SSSR count). The van der Waals surface area contributed by atoms with Crippen molar-refractivity contribution >= 4 is 33.5 Å². The van der Waals surface area contributed by atoms with E-state index >= 15 is 0 Å². The van der Waals surface area contributed by atoms with Crippen LogP contribution in [0, 0.1) is 11.8 Å². The summed E-state index contributed by atoms with van der Waals surface area (Å²) in [6, 6.07) is 3.51. The molecule has 2 aromatic rings. The molecule has 0 N–H and O–H groups in total. The van der Waals surface area contributed by atoms with Crippen molar-refractivity contribution < 1.29 is 17.6 Å². The number of nitrogens with zero attached hydrogens (tertiary/aromatic N) is 5. The monoisotopic (exact) mass is 495 g/mol. The molecule has 0 saturated carbocycles. The highest BCUT2D eigenvalue weighted by Crippen LogP contribution is 2.31.